The van der Waals surface area contributed by atoms with Crippen LogP contribution in [0.1, 0.15) is 22.2 Å². The van der Waals surface area contributed by atoms with Crippen LogP contribution in [0.3, 0.4) is 0 Å². The van der Waals surface area contributed by atoms with Crippen LogP contribution in [0.4, 0.5) is 0 Å². The van der Waals surface area contributed by atoms with E-state index in [1.54, 1.807) is 17.5 Å². The van der Waals surface area contributed by atoms with Gasteiger partial charge in [0.1, 0.15) is 0 Å². The molecule has 78 valence electrons. The molecular weight excluding hydrogens is 206 g/mol. The summed E-state index contributed by atoms with van der Waals surface area (Å²) in [6.45, 7) is 2.05. The number of nitrogens with zero attached hydrogens (tertiary/aromatic N) is 2. The first-order valence-electron chi connectivity index (χ1n) is 4.81. The standard InChI is InChI=1S/C11H13N3S/c1-8-2-3-14-11(4-8)10(12)5-9-6-13-7-15-9/h2-4,6-7,10H,5,12H2,1H3. The normalized spacial score (nSPS) is 12.7. The highest BCUT2D eigenvalue weighted by molar-refractivity contribution is 7.09. The number of nitrogens with two attached hydrogens (primary N) is 1. The van der Waals surface area contributed by atoms with Gasteiger partial charge in [-0.2, -0.15) is 0 Å². The molecule has 0 saturated heterocycles. The summed E-state index contributed by atoms with van der Waals surface area (Å²) in [7, 11) is 0. The second-order valence-electron chi connectivity index (χ2n) is 3.54. The third kappa shape index (κ3) is 2.61. The highest BCUT2D eigenvalue weighted by Crippen LogP contribution is 2.17. The molecule has 0 aliphatic rings. The minimum Gasteiger partial charge on any atom is -0.322 e. The molecule has 0 saturated carbocycles. The summed E-state index contributed by atoms with van der Waals surface area (Å²) in [5.74, 6) is 0. The van der Waals surface area contributed by atoms with Crippen molar-refractivity contribution in [2.75, 3.05) is 0 Å². The van der Waals surface area contributed by atoms with E-state index in [9.17, 15) is 0 Å². The van der Waals surface area contributed by atoms with Crippen molar-refractivity contribution in [1.29, 1.82) is 0 Å². The Hall–Kier alpha value is -1.26. The van der Waals surface area contributed by atoms with Gasteiger partial charge in [-0.25, -0.2) is 0 Å². The summed E-state index contributed by atoms with van der Waals surface area (Å²) in [5.41, 5.74) is 10.0. The Kier molecular flexibility index (Phi) is 3.08. The highest BCUT2D eigenvalue weighted by Gasteiger charge is 2.09. The summed E-state index contributed by atoms with van der Waals surface area (Å²) in [5, 5.41) is 0. The van der Waals surface area contributed by atoms with Gasteiger partial charge in [-0.3, -0.25) is 9.97 Å². The minimum atomic E-state index is -0.0367. The first-order valence-corrected chi connectivity index (χ1v) is 5.69. The molecule has 0 aliphatic carbocycles. The van der Waals surface area contributed by atoms with Gasteiger partial charge in [0.05, 0.1) is 17.2 Å². The van der Waals surface area contributed by atoms with Gasteiger partial charge in [0, 0.05) is 23.7 Å². The Morgan fingerprint density at radius 2 is 2.40 bits per heavy atom. The molecule has 2 heterocycles. The summed E-state index contributed by atoms with van der Waals surface area (Å²) in [6, 6.07) is 3.97. The summed E-state index contributed by atoms with van der Waals surface area (Å²) >= 11 is 1.63. The smallest absolute Gasteiger partial charge is 0.0794 e. The molecule has 15 heavy (non-hydrogen) atoms. The van der Waals surface area contributed by atoms with Crippen molar-refractivity contribution in [2.24, 2.45) is 5.73 Å². The molecule has 0 spiro atoms. The fourth-order valence-electron chi connectivity index (χ4n) is 1.43. The summed E-state index contributed by atoms with van der Waals surface area (Å²) in [4.78, 5) is 9.51. The average molecular weight is 219 g/mol. The lowest BCUT2D eigenvalue weighted by Crippen LogP contribution is -2.14. The third-order valence-electron chi connectivity index (χ3n) is 2.22. The zero-order chi connectivity index (χ0) is 10.7. The Bertz CT molecular complexity index is 425. The Morgan fingerprint density at radius 1 is 1.53 bits per heavy atom. The molecular formula is C11H13N3S. The monoisotopic (exact) mass is 219 g/mol. The van der Waals surface area contributed by atoms with Crippen molar-refractivity contribution in [2.45, 2.75) is 19.4 Å². The maximum atomic E-state index is 6.07. The van der Waals surface area contributed by atoms with Crippen molar-refractivity contribution in [3.05, 3.63) is 46.2 Å². The number of hydrogen-bond acceptors (Lipinski definition) is 4. The number of rotatable bonds is 3. The predicted octanol–water partition coefficient (Wildman–Crippen LogP) is 2.09. The number of thiazole rings is 1. The number of aryl methyl sites for hydroxylation is 1. The molecule has 2 N–H and O–H groups in total. The van der Waals surface area contributed by atoms with Crippen LogP contribution in [0.15, 0.2) is 30.0 Å². The lowest BCUT2D eigenvalue weighted by molar-refractivity contribution is 0.701. The summed E-state index contributed by atoms with van der Waals surface area (Å²) < 4.78 is 0. The molecule has 0 bridgehead atoms. The van der Waals surface area contributed by atoms with Crippen LogP contribution in [-0.2, 0) is 6.42 Å². The van der Waals surface area contributed by atoms with Crippen LogP contribution >= 0.6 is 11.3 Å². The molecule has 0 aromatic carbocycles. The summed E-state index contributed by atoms with van der Waals surface area (Å²) in [6.07, 6.45) is 4.47. The van der Waals surface area contributed by atoms with Crippen LogP contribution < -0.4 is 5.73 Å². The van der Waals surface area contributed by atoms with Gasteiger partial charge in [-0.05, 0) is 24.6 Å². The fraction of sp³-hybridized carbons (Fsp3) is 0.273. The van der Waals surface area contributed by atoms with E-state index in [4.69, 9.17) is 5.73 Å². The zero-order valence-electron chi connectivity index (χ0n) is 8.55. The van der Waals surface area contributed by atoms with E-state index in [0.717, 1.165) is 12.1 Å². The van der Waals surface area contributed by atoms with E-state index in [0.29, 0.717) is 0 Å². The van der Waals surface area contributed by atoms with E-state index in [2.05, 4.69) is 9.97 Å². The van der Waals surface area contributed by atoms with E-state index >= 15 is 0 Å². The Balaban J connectivity index is 2.11. The zero-order valence-corrected chi connectivity index (χ0v) is 9.37. The molecule has 1 unspecified atom stereocenters. The lowest BCUT2D eigenvalue weighted by atomic mass is 10.1. The minimum absolute atomic E-state index is 0.0367. The molecule has 2 aromatic heterocycles. The quantitative estimate of drug-likeness (QED) is 0.860. The van der Waals surface area contributed by atoms with Crippen molar-refractivity contribution in [1.82, 2.24) is 9.97 Å². The molecule has 1 atom stereocenters. The molecule has 0 aliphatic heterocycles. The van der Waals surface area contributed by atoms with Crippen LogP contribution in [0.5, 0.6) is 0 Å². The number of aromatic nitrogens is 2. The molecule has 4 heteroatoms. The van der Waals surface area contributed by atoms with Crippen LogP contribution in [0.2, 0.25) is 0 Å². The van der Waals surface area contributed by atoms with Crippen molar-refractivity contribution in [3.8, 4) is 0 Å². The highest BCUT2D eigenvalue weighted by atomic mass is 32.1. The van der Waals surface area contributed by atoms with Crippen LogP contribution in [-0.4, -0.2) is 9.97 Å². The van der Waals surface area contributed by atoms with Crippen molar-refractivity contribution < 1.29 is 0 Å². The van der Waals surface area contributed by atoms with E-state index < -0.39 is 0 Å². The van der Waals surface area contributed by atoms with E-state index in [-0.39, 0.29) is 6.04 Å². The maximum absolute atomic E-state index is 6.07. The molecule has 2 aromatic rings. The van der Waals surface area contributed by atoms with Gasteiger partial charge in [-0.1, -0.05) is 0 Å². The fourth-order valence-corrected chi connectivity index (χ4v) is 2.08. The molecule has 0 fully saturated rings. The topological polar surface area (TPSA) is 51.8 Å². The van der Waals surface area contributed by atoms with Gasteiger partial charge in [0.25, 0.3) is 0 Å². The predicted molar refractivity (Wildman–Crippen MR) is 61.7 cm³/mol. The Labute approximate surface area is 93.0 Å². The second-order valence-corrected chi connectivity index (χ2v) is 4.51. The molecule has 0 amide bonds. The van der Waals surface area contributed by atoms with Gasteiger partial charge in [0.15, 0.2) is 0 Å². The number of hydrogen-bond donors (Lipinski definition) is 1. The molecule has 2 rings (SSSR count). The van der Waals surface area contributed by atoms with Gasteiger partial charge < -0.3 is 5.73 Å². The van der Waals surface area contributed by atoms with E-state index in [1.807, 2.05) is 30.8 Å². The first-order chi connectivity index (χ1) is 7.25. The largest absolute Gasteiger partial charge is 0.322 e. The van der Waals surface area contributed by atoms with Gasteiger partial charge in [-0.15, -0.1) is 11.3 Å². The molecule has 0 radical (unpaired) electrons. The first kappa shape index (κ1) is 10.3. The maximum Gasteiger partial charge on any atom is 0.0794 e. The van der Waals surface area contributed by atoms with Crippen molar-refractivity contribution in [3.63, 3.8) is 0 Å². The Morgan fingerprint density at radius 3 is 3.07 bits per heavy atom. The second kappa shape index (κ2) is 4.51. The molecule has 3 nitrogen and oxygen atoms in total. The van der Waals surface area contributed by atoms with Gasteiger partial charge >= 0.3 is 0 Å². The van der Waals surface area contributed by atoms with Gasteiger partial charge in [0.2, 0.25) is 0 Å². The van der Waals surface area contributed by atoms with Crippen LogP contribution in [0.25, 0.3) is 0 Å². The van der Waals surface area contributed by atoms with Crippen LogP contribution in [0, 0.1) is 6.92 Å². The number of pyridine rings is 1. The third-order valence-corrected chi connectivity index (χ3v) is 3.02. The average Bonchev–Trinajstić information content (AvgIpc) is 2.70. The van der Waals surface area contributed by atoms with E-state index in [1.165, 1.54) is 10.4 Å². The lowest BCUT2D eigenvalue weighted by Gasteiger charge is -2.09. The SMILES string of the molecule is Cc1ccnc(C(N)Cc2cncs2)c1. The van der Waals surface area contributed by atoms with Crippen molar-refractivity contribution >= 4 is 11.3 Å².